The zero-order chi connectivity index (χ0) is 20.9. The van der Waals surface area contributed by atoms with Crippen LogP contribution in [0.2, 0.25) is 0 Å². The average Bonchev–Trinajstić information content (AvgIpc) is 2.73. The standard InChI is InChI=1S/C23H31N3O3/c1-3-5-6-7-14-29-21-13-9-11-19(16-21)25-17-22(27)26-20-12-8-10-18(15-20)23(28)24-4-2/h8-13,15-16,25H,3-7,14,17H2,1-2H3,(H,24,28)(H,26,27). The number of ether oxygens (including phenoxy) is 1. The molecule has 0 saturated carbocycles. The van der Waals surface area contributed by atoms with Gasteiger partial charge in [-0.1, -0.05) is 38.3 Å². The fourth-order valence-corrected chi connectivity index (χ4v) is 2.80. The molecule has 6 heteroatoms. The second kappa shape index (κ2) is 12.4. The van der Waals surface area contributed by atoms with Gasteiger partial charge in [0, 0.05) is 29.5 Å². The van der Waals surface area contributed by atoms with Gasteiger partial charge in [0.15, 0.2) is 0 Å². The predicted octanol–water partition coefficient (Wildman–Crippen LogP) is 4.45. The van der Waals surface area contributed by atoms with Crippen molar-refractivity contribution in [3.8, 4) is 5.75 Å². The first-order valence-corrected chi connectivity index (χ1v) is 10.3. The van der Waals surface area contributed by atoms with Gasteiger partial charge in [-0.2, -0.15) is 0 Å². The van der Waals surface area contributed by atoms with Gasteiger partial charge in [0.2, 0.25) is 5.91 Å². The highest BCUT2D eigenvalue weighted by Gasteiger charge is 2.07. The Morgan fingerprint density at radius 1 is 0.931 bits per heavy atom. The molecule has 6 nitrogen and oxygen atoms in total. The summed E-state index contributed by atoms with van der Waals surface area (Å²) in [6, 6.07) is 14.5. The third kappa shape index (κ3) is 8.25. The van der Waals surface area contributed by atoms with Gasteiger partial charge >= 0.3 is 0 Å². The van der Waals surface area contributed by atoms with E-state index in [0.29, 0.717) is 24.4 Å². The van der Waals surface area contributed by atoms with Crippen LogP contribution in [0, 0.1) is 0 Å². The van der Waals surface area contributed by atoms with Crippen LogP contribution in [0.25, 0.3) is 0 Å². The Hall–Kier alpha value is -3.02. The lowest BCUT2D eigenvalue weighted by molar-refractivity contribution is -0.114. The van der Waals surface area contributed by atoms with Crippen molar-refractivity contribution in [3.63, 3.8) is 0 Å². The molecule has 0 atom stereocenters. The minimum absolute atomic E-state index is 0.116. The first-order chi connectivity index (χ1) is 14.1. The maximum absolute atomic E-state index is 12.2. The molecule has 0 unspecified atom stereocenters. The van der Waals surface area contributed by atoms with Gasteiger partial charge in [-0.05, 0) is 43.7 Å². The largest absolute Gasteiger partial charge is 0.494 e. The van der Waals surface area contributed by atoms with E-state index in [-0.39, 0.29) is 18.4 Å². The number of carbonyl (C=O) groups is 2. The summed E-state index contributed by atoms with van der Waals surface area (Å²) >= 11 is 0. The van der Waals surface area contributed by atoms with Crippen molar-refractivity contribution in [2.75, 3.05) is 30.3 Å². The maximum atomic E-state index is 12.2. The minimum atomic E-state index is -0.191. The minimum Gasteiger partial charge on any atom is -0.494 e. The van der Waals surface area contributed by atoms with Crippen molar-refractivity contribution < 1.29 is 14.3 Å². The average molecular weight is 398 g/mol. The third-order valence-corrected chi connectivity index (χ3v) is 4.30. The number of nitrogens with one attached hydrogen (secondary N) is 3. The Morgan fingerprint density at radius 2 is 1.72 bits per heavy atom. The normalized spacial score (nSPS) is 10.3. The van der Waals surface area contributed by atoms with Crippen molar-refractivity contribution in [3.05, 3.63) is 54.1 Å². The lowest BCUT2D eigenvalue weighted by Crippen LogP contribution is -2.24. The molecule has 3 N–H and O–H groups in total. The number of unbranched alkanes of at least 4 members (excludes halogenated alkanes) is 3. The topological polar surface area (TPSA) is 79.5 Å². The third-order valence-electron chi connectivity index (χ3n) is 4.30. The van der Waals surface area contributed by atoms with E-state index in [2.05, 4.69) is 22.9 Å². The molecule has 0 heterocycles. The molecule has 0 aliphatic heterocycles. The first kappa shape index (κ1) is 22.3. The molecule has 0 aliphatic carbocycles. The van der Waals surface area contributed by atoms with Crippen molar-refractivity contribution in [1.29, 1.82) is 0 Å². The van der Waals surface area contributed by atoms with Crippen LogP contribution in [0.3, 0.4) is 0 Å². The molecule has 2 amide bonds. The summed E-state index contributed by atoms with van der Waals surface area (Å²) in [5.74, 6) is 0.443. The van der Waals surface area contributed by atoms with E-state index in [9.17, 15) is 9.59 Å². The monoisotopic (exact) mass is 397 g/mol. The van der Waals surface area contributed by atoms with E-state index >= 15 is 0 Å². The van der Waals surface area contributed by atoms with Crippen LogP contribution in [0.5, 0.6) is 5.75 Å². The number of hydrogen-bond donors (Lipinski definition) is 3. The molecule has 0 aliphatic rings. The number of rotatable bonds is 12. The quantitative estimate of drug-likeness (QED) is 0.463. The lowest BCUT2D eigenvalue weighted by atomic mass is 10.2. The Bertz CT molecular complexity index is 792. The van der Waals surface area contributed by atoms with Crippen LogP contribution in [-0.2, 0) is 4.79 Å². The van der Waals surface area contributed by atoms with E-state index in [4.69, 9.17) is 4.74 Å². The molecule has 2 rings (SSSR count). The molecule has 2 aromatic carbocycles. The molecule has 0 bridgehead atoms. The van der Waals surface area contributed by atoms with Crippen LogP contribution in [0.1, 0.15) is 49.9 Å². The molecule has 0 saturated heterocycles. The highest BCUT2D eigenvalue weighted by molar-refractivity contribution is 5.98. The van der Waals surface area contributed by atoms with Crippen molar-refractivity contribution in [1.82, 2.24) is 5.32 Å². The number of carbonyl (C=O) groups excluding carboxylic acids is 2. The van der Waals surface area contributed by atoms with E-state index in [1.54, 1.807) is 24.3 Å². The fraction of sp³-hybridized carbons (Fsp3) is 0.391. The van der Waals surface area contributed by atoms with Crippen LogP contribution in [0.15, 0.2) is 48.5 Å². The molecule has 0 fully saturated rings. The first-order valence-electron chi connectivity index (χ1n) is 10.3. The second-order valence-corrected chi connectivity index (χ2v) is 6.78. The van der Waals surface area contributed by atoms with Crippen LogP contribution in [0.4, 0.5) is 11.4 Å². The molecular formula is C23H31N3O3. The number of hydrogen-bond acceptors (Lipinski definition) is 4. The predicted molar refractivity (Wildman–Crippen MR) is 118 cm³/mol. The molecule has 156 valence electrons. The number of amides is 2. The van der Waals surface area contributed by atoms with Crippen molar-refractivity contribution in [2.45, 2.75) is 39.5 Å². The number of benzene rings is 2. The summed E-state index contributed by atoms with van der Waals surface area (Å²) in [5.41, 5.74) is 1.92. The highest BCUT2D eigenvalue weighted by atomic mass is 16.5. The van der Waals surface area contributed by atoms with E-state index < -0.39 is 0 Å². The summed E-state index contributed by atoms with van der Waals surface area (Å²) in [6.07, 6.45) is 4.66. The summed E-state index contributed by atoms with van der Waals surface area (Å²) in [6.45, 7) is 5.42. The molecular weight excluding hydrogens is 366 g/mol. The van der Waals surface area contributed by atoms with Gasteiger partial charge in [0.05, 0.1) is 13.2 Å². The van der Waals surface area contributed by atoms with Gasteiger partial charge in [-0.25, -0.2) is 0 Å². The Labute approximate surface area is 173 Å². The summed E-state index contributed by atoms with van der Waals surface area (Å²) in [4.78, 5) is 24.1. The highest BCUT2D eigenvalue weighted by Crippen LogP contribution is 2.18. The molecule has 0 radical (unpaired) electrons. The zero-order valence-electron chi connectivity index (χ0n) is 17.3. The summed E-state index contributed by atoms with van der Waals surface area (Å²) in [7, 11) is 0. The van der Waals surface area contributed by atoms with Crippen LogP contribution >= 0.6 is 0 Å². The summed E-state index contributed by atoms with van der Waals surface area (Å²) in [5, 5.41) is 8.65. The Balaban J connectivity index is 1.81. The number of anilines is 2. The molecule has 0 spiro atoms. The summed E-state index contributed by atoms with van der Waals surface area (Å²) < 4.78 is 5.77. The molecule has 0 aromatic heterocycles. The van der Waals surface area contributed by atoms with Crippen LogP contribution < -0.4 is 20.7 Å². The van der Waals surface area contributed by atoms with Gasteiger partial charge in [-0.3, -0.25) is 9.59 Å². The zero-order valence-corrected chi connectivity index (χ0v) is 17.3. The van der Waals surface area contributed by atoms with Gasteiger partial charge < -0.3 is 20.7 Å². The van der Waals surface area contributed by atoms with Gasteiger partial charge in [0.25, 0.3) is 5.91 Å². The Kier molecular flexibility index (Phi) is 9.55. The smallest absolute Gasteiger partial charge is 0.251 e. The van der Waals surface area contributed by atoms with Gasteiger partial charge in [-0.15, -0.1) is 0 Å². The van der Waals surface area contributed by atoms with Crippen LogP contribution in [-0.4, -0.2) is 31.5 Å². The Morgan fingerprint density at radius 3 is 2.52 bits per heavy atom. The maximum Gasteiger partial charge on any atom is 0.251 e. The van der Waals surface area contributed by atoms with E-state index in [1.165, 1.54) is 19.3 Å². The molecule has 2 aromatic rings. The van der Waals surface area contributed by atoms with Crippen molar-refractivity contribution in [2.24, 2.45) is 0 Å². The second-order valence-electron chi connectivity index (χ2n) is 6.78. The van der Waals surface area contributed by atoms with E-state index in [0.717, 1.165) is 17.9 Å². The molecule has 29 heavy (non-hydrogen) atoms. The van der Waals surface area contributed by atoms with Crippen molar-refractivity contribution >= 4 is 23.2 Å². The van der Waals surface area contributed by atoms with E-state index in [1.807, 2.05) is 31.2 Å². The SMILES string of the molecule is CCCCCCOc1cccc(NCC(=O)Nc2cccc(C(=O)NCC)c2)c1. The van der Waals surface area contributed by atoms with Gasteiger partial charge in [0.1, 0.15) is 5.75 Å². The fourth-order valence-electron chi connectivity index (χ4n) is 2.80. The lowest BCUT2D eigenvalue weighted by Gasteiger charge is -2.11.